The van der Waals surface area contributed by atoms with Crippen LogP contribution in [0.3, 0.4) is 0 Å². The number of ether oxygens (including phenoxy) is 1. The van der Waals surface area contributed by atoms with Crippen LogP contribution >= 0.6 is 0 Å². The number of likely N-dealkylation sites (N-methyl/N-ethyl adjacent to an activating group) is 1. The lowest BCUT2D eigenvalue weighted by Crippen LogP contribution is -3.26. The van der Waals surface area contributed by atoms with Crippen LogP contribution in [0.5, 0.6) is 0 Å². The monoisotopic (exact) mass is 345 g/mol. The fourth-order valence-electron chi connectivity index (χ4n) is 3.46. The van der Waals surface area contributed by atoms with Gasteiger partial charge >= 0.3 is 5.97 Å². The topological polar surface area (TPSA) is 68.0 Å². The summed E-state index contributed by atoms with van der Waals surface area (Å²) in [6, 6.07) is 5.13. The molecule has 0 spiro atoms. The van der Waals surface area contributed by atoms with E-state index in [1.54, 1.807) is 30.0 Å². The Morgan fingerprint density at radius 1 is 1.24 bits per heavy atom. The van der Waals surface area contributed by atoms with E-state index in [0.717, 1.165) is 49.5 Å². The molecule has 134 valence electrons. The van der Waals surface area contributed by atoms with E-state index in [0.29, 0.717) is 17.6 Å². The highest BCUT2D eigenvalue weighted by molar-refractivity contribution is 5.94. The van der Waals surface area contributed by atoms with Gasteiger partial charge in [-0.3, -0.25) is 4.79 Å². The summed E-state index contributed by atoms with van der Waals surface area (Å²) in [7, 11) is 2.21. The van der Waals surface area contributed by atoms with Crippen LogP contribution in [-0.2, 0) is 11.3 Å². The van der Waals surface area contributed by atoms with Gasteiger partial charge in [-0.1, -0.05) is 0 Å². The molecule has 1 aliphatic rings. The maximum Gasteiger partial charge on any atom is 0.338 e. The van der Waals surface area contributed by atoms with Crippen molar-refractivity contribution in [3.63, 3.8) is 0 Å². The summed E-state index contributed by atoms with van der Waals surface area (Å²) in [6.07, 6.45) is 0. The Kier molecular flexibility index (Phi) is 5.20. The van der Waals surface area contributed by atoms with Gasteiger partial charge in [0.2, 0.25) is 0 Å². The van der Waals surface area contributed by atoms with Crippen LogP contribution in [0.1, 0.15) is 28.5 Å². The Morgan fingerprint density at radius 2 is 1.96 bits per heavy atom. The molecule has 6 nitrogen and oxygen atoms in total. The van der Waals surface area contributed by atoms with Crippen molar-refractivity contribution < 1.29 is 19.3 Å². The molecule has 1 saturated heterocycles. The minimum atomic E-state index is -0.390. The van der Waals surface area contributed by atoms with Crippen LogP contribution < -0.4 is 15.2 Å². The van der Waals surface area contributed by atoms with E-state index in [9.17, 15) is 9.59 Å². The number of carbonyl (C=O) groups excluding carboxylic acids is 1. The van der Waals surface area contributed by atoms with E-state index in [4.69, 9.17) is 4.74 Å². The molecule has 3 N–H and O–H groups in total. The molecule has 0 aliphatic carbocycles. The zero-order chi connectivity index (χ0) is 18.0. The van der Waals surface area contributed by atoms with E-state index in [-0.39, 0.29) is 5.43 Å². The van der Waals surface area contributed by atoms with Gasteiger partial charge < -0.3 is 19.5 Å². The number of aromatic amines is 1. The van der Waals surface area contributed by atoms with Gasteiger partial charge in [-0.2, -0.15) is 0 Å². The van der Waals surface area contributed by atoms with Gasteiger partial charge in [-0.05, 0) is 32.0 Å². The van der Waals surface area contributed by atoms with Crippen molar-refractivity contribution in [3.8, 4) is 0 Å². The number of piperazine rings is 1. The van der Waals surface area contributed by atoms with E-state index >= 15 is 0 Å². The Balaban J connectivity index is 1.95. The lowest BCUT2D eigenvalue weighted by Gasteiger charge is -2.27. The molecule has 1 fully saturated rings. The summed E-state index contributed by atoms with van der Waals surface area (Å²) < 4.78 is 5.04. The van der Waals surface area contributed by atoms with Gasteiger partial charge in [-0.25, -0.2) is 4.79 Å². The molecule has 0 radical (unpaired) electrons. The molecule has 2 aromatic rings. The van der Waals surface area contributed by atoms with E-state index in [1.807, 2.05) is 6.92 Å². The number of H-pyrrole nitrogens is 1. The fraction of sp³-hybridized carbons (Fsp3) is 0.474. The fourth-order valence-corrected chi connectivity index (χ4v) is 3.46. The molecule has 0 atom stereocenters. The molecule has 0 unspecified atom stereocenters. The minimum Gasteiger partial charge on any atom is -0.462 e. The number of hydrogen-bond donors (Lipinski definition) is 3. The number of rotatable bonds is 4. The first kappa shape index (κ1) is 17.6. The number of esters is 1. The molecule has 6 heteroatoms. The van der Waals surface area contributed by atoms with Crippen LogP contribution in [-0.4, -0.2) is 50.8 Å². The van der Waals surface area contributed by atoms with Crippen LogP contribution in [0.15, 0.2) is 23.0 Å². The lowest BCUT2D eigenvalue weighted by molar-refractivity contribution is -1.01. The van der Waals surface area contributed by atoms with Crippen molar-refractivity contribution in [3.05, 3.63) is 45.2 Å². The molecular formula is C19H27N3O3+2. The molecule has 0 saturated carbocycles. The summed E-state index contributed by atoms with van der Waals surface area (Å²) in [5.74, 6) is -0.390. The standard InChI is InChI=1S/C19H25N3O3/c1-4-25-19(24)14-5-6-17-15(11-14)18(23)16(13(2)20-17)12-22-9-7-21(3)8-10-22/h5-6,11H,4,7-10,12H2,1-3H3,(H,20,23)/p+2. The number of hydrogen-bond acceptors (Lipinski definition) is 3. The summed E-state index contributed by atoms with van der Waals surface area (Å²) in [4.78, 5) is 31.3. The molecule has 1 aromatic carbocycles. The van der Waals surface area contributed by atoms with Gasteiger partial charge in [-0.15, -0.1) is 0 Å². The third-order valence-corrected chi connectivity index (χ3v) is 5.06. The predicted octanol–water partition coefficient (Wildman–Crippen LogP) is -1.07. The predicted molar refractivity (Wildman–Crippen MR) is 96.3 cm³/mol. The van der Waals surface area contributed by atoms with E-state index in [1.165, 1.54) is 4.90 Å². The molecule has 0 amide bonds. The number of carbonyl (C=O) groups is 1. The van der Waals surface area contributed by atoms with Gasteiger partial charge in [0, 0.05) is 16.6 Å². The first-order valence-corrected chi connectivity index (χ1v) is 8.97. The first-order valence-electron chi connectivity index (χ1n) is 8.97. The second-order valence-electron chi connectivity index (χ2n) is 6.92. The smallest absolute Gasteiger partial charge is 0.338 e. The molecule has 25 heavy (non-hydrogen) atoms. The Bertz CT molecular complexity index is 836. The SMILES string of the molecule is CCOC(=O)c1ccc2[nH]c(C)c(C[NH+]3CC[NH+](C)CC3)c(=O)c2c1. The molecular weight excluding hydrogens is 318 g/mol. The second kappa shape index (κ2) is 7.37. The lowest BCUT2D eigenvalue weighted by atomic mass is 10.1. The molecule has 1 aliphatic heterocycles. The van der Waals surface area contributed by atoms with Crippen molar-refractivity contribution in [1.82, 2.24) is 4.98 Å². The van der Waals surface area contributed by atoms with Crippen molar-refractivity contribution in [2.24, 2.45) is 0 Å². The Labute approximate surface area is 147 Å². The van der Waals surface area contributed by atoms with Crippen LogP contribution in [0.4, 0.5) is 0 Å². The number of quaternary nitrogens is 2. The Hall–Kier alpha value is -2.18. The second-order valence-corrected chi connectivity index (χ2v) is 6.92. The van der Waals surface area contributed by atoms with Crippen molar-refractivity contribution in [1.29, 1.82) is 0 Å². The van der Waals surface area contributed by atoms with Gasteiger partial charge in [0.1, 0.15) is 32.7 Å². The van der Waals surface area contributed by atoms with Crippen LogP contribution in [0, 0.1) is 6.92 Å². The highest BCUT2D eigenvalue weighted by Crippen LogP contribution is 2.14. The van der Waals surface area contributed by atoms with Crippen molar-refractivity contribution >= 4 is 16.9 Å². The highest BCUT2D eigenvalue weighted by atomic mass is 16.5. The molecule has 2 heterocycles. The van der Waals surface area contributed by atoms with Crippen molar-refractivity contribution in [2.75, 3.05) is 39.8 Å². The summed E-state index contributed by atoms with van der Waals surface area (Å²) >= 11 is 0. The number of aryl methyl sites for hydroxylation is 1. The third-order valence-electron chi connectivity index (χ3n) is 5.06. The van der Waals surface area contributed by atoms with Gasteiger partial charge in [0.05, 0.1) is 24.8 Å². The van der Waals surface area contributed by atoms with E-state index in [2.05, 4.69) is 12.0 Å². The Morgan fingerprint density at radius 3 is 2.64 bits per heavy atom. The average molecular weight is 345 g/mol. The normalized spacial score (nSPS) is 20.6. The number of aromatic nitrogens is 1. The number of pyridine rings is 1. The molecule has 0 bridgehead atoms. The molecule has 1 aromatic heterocycles. The zero-order valence-electron chi connectivity index (χ0n) is 15.2. The maximum atomic E-state index is 13.0. The number of fused-ring (bicyclic) bond motifs is 1. The van der Waals surface area contributed by atoms with Gasteiger partial charge in [0.25, 0.3) is 0 Å². The first-order chi connectivity index (χ1) is 12.0. The van der Waals surface area contributed by atoms with Crippen LogP contribution in [0.25, 0.3) is 10.9 Å². The van der Waals surface area contributed by atoms with Crippen LogP contribution in [0.2, 0.25) is 0 Å². The summed E-state index contributed by atoms with van der Waals surface area (Å²) in [6.45, 7) is 9.19. The average Bonchev–Trinajstić information content (AvgIpc) is 2.60. The zero-order valence-corrected chi connectivity index (χ0v) is 15.2. The third kappa shape index (κ3) is 3.75. The minimum absolute atomic E-state index is 0.0242. The quantitative estimate of drug-likeness (QED) is 0.618. The highest BCUT2D eigenvalue weighted by Gasteiger charge is 2.23. The summed E-state index contributed by atoms with van der Waals surface area (Å²) in [5.41, 5.74) is 2.95. The summed E-state index contributed by atoms with van der Waals surface area (Å²) in [5, 5.41) is 0.560. The molecule has 3 rings (SSSR count). The maximum absolute atomic E-state index is 13.0. The van der Waals surface area contributed by atoms with Crippen molar-refractivity contribution in [2.45, 2.75) is 20.4 Å². The largest absolute Gasteiger partial charge is 0.462 e. The number of nitrogens with one attached hydrogen (secondary N) is 3. The van der Waals surface area contributed by atoms with E-state index < -0.39 is 5.97 Å². The van der Waals surface area contributed by atoms with Gasteiger partial charge in [0.15, 0.2) is 5.43 Å². The number of benzene rings is 1.